The maximum atomic E-state index is 5.66. The molecule has 2 aromatic carbocycles. The monoisotopic (exact) mass is 543 g/mol. The Morgan fingerprint density at radius 1 is 1.09 bits per heavy atom. The van der Waals surface area contributed by atoms with E-state index in [1.54, 1.807) is 11.8 Å². The van der Waals surface area contributed by atoms with E-state index in [2.05, 4.69) is 81.3 Å². The number of hydrogen-bond donors (Lipinski definition) is 2. The Morgan fingerprint density at radius 2 is 1.83 bits per heavy atom. The second kappa shape index (κ2) is 15.1. The topological polar surface area (TPSA) is 80.1 Å². The molecule has 35 heavy (non-hydrogen) atoms. The number of ether oxygens (including phenoxy) is 1. The SMILES string of the molecule is CCN(CC)c1nnnn1-c1ccc(OC)c(CN[C@H]2CCCN[C@H]2c2ccccc2)c1.Cl.Cl.Cl. The van der Waals surface area contributed by atoms with Crippen LogP contribution in [0.5, 0.6) is 5.75 Å². The molecule has 1 aliphatic heterocycles. The molecule has 0 radical (unpaired) electrons. The number of tetrazole rings is 1. The summed E-state index contributed by atoms with van der Waals surface area (Å²) in [6.45, 7) is 7.65. The molecule has 194 valence electrons. The van der Waals surface area contributed by atoms with Gasteiger partial charge in [-0.15, -0.1) is 37.2 Å². The molecule has 2 heterocycles. The van der Waals surface area contributed by atoms with Gasteiger partial charge in [0, 0.05) is 37.3 Å². The lowest BCUT2D eigenvalue weighted by molar-refractivity contribution is 0.303. The number of nitrogens with zero attached hydrogens (tertiary/aromatic N) is 5. The van der Waals surface area contributed by atoms with Gasteiger partial charge in [0.15, 0.2) is 0 Å². The van der Waals surface area contributed by atoms with Crippen LogP contribution in [-0.2, 0) is 6.54 Å². The summed E-state index contributed by atoms with van der Waals surface area (Å²) in [5, 5.41) is 19.9. The van der Waals surface area contributed by atoms with E-state index in [0.717, 1.165) is 55.4 Å². The van der Waals surface area contributed by atoms with Crippen molar-refractivity contribution < 1.29 is 4.74 Å². The second-order valence-corrected chi connectivity index (χ2v) is 8.03. The zero-order valence-electron chi connectivity index (χ0n) is 20.4. The number of nitrogens with one attached hydrogen (secondary N) is 2. The molecule has 2 atom stereocenters. The van der Waals surface area contributed by atoms with Crippen LogP contribution < -0.4 is 20.3 Å². The van der Waals surface area contributed by atoms with Gasteiger partial charge >= 0.3 is 0 Å². The lowest BCUT2D eigenvalue weighted by atomic mass is 9.92. The summed E-state index contributed by atoms with van der Waals surface area (Å²) in [7, 11) is 1.71. The molecule has 0 saturated carbocycles. The van der Waals surface area contributed by atoms with Crippen molar-refractivity contribution in [3.63, 3.8) is 0 Å². The quantitative estimate of drug-likeness (QED) is 0.414. The minimum absolute atomic E-state index is 0. The van der Waals surface area contributed by atoms with Crippen molar-refractivity contribution in [2.45, 2.75) is 45.3 Å². The van der Waals surface area contributed by atoms with Gasteiger partial charge in [-0.25, -0.2) is 0 Å². The molecular weight excluding hydrogens is 509 g/mol. The lowest BCUT2D eigenvalue weighted by Gasteiger charge is -2.34. The molecule has 8 nitrogen and oxygen atoms in total. The number of anilines is 1. The number of benzene rings is 2. The summed E-state index contributed by atoms with van der Waals surface area (Å²) in [6, 6.07) is 17.4. The molecular formula is C24H36Cl3N7O. The van der Waals surface area contributed by atoms with Crippen LogP contribution in [0.2, 0.25) is 0 Å². The predicted octanol–water partition coefficient (Wildman–Crippen LogP) is 4.37. The minimum atomic E-state index is 0. The third-order valence-electron chi connectivity index (χ3n) is 6.18. The van der Waals surface area contributed by atoms with E-state index in [1.165, 1.54) is 5.56 Å². The third-order valence-corrected chi connectivity index (χ3v) is 6.18. The van der Waals surface area contributed by atoms with E-state index >= 15 is 0 Å². The van der Waals surface area contributed by atoms with Gasteiger partial charge in [-0.05, 0) is 67.4 Å². The van der Waals surface area contributed by atoms with Gasteiger partial charge in [-0.1, -0.05) is 35.4 Å². The van der Waals surface area contributed by atoms with Crippen LogP contribution in [0.4, 0.5) is 5.95 Å². The first-order chi connectivity index (χ1) is 15.7. The van der Waals surface area contributed by atoms with Crippen LogP contribution in [0.3, 0.4) is 0 Å². The predicted molar refractivity (Wildman–Crippen MR) is 148 cm³/mol. The maximum absolute atomic E-state index is 5.66. The summed E-state index contributed by atoms with van der Waals surface area (Å²) < 4.78 is 7.46. The molecule has 1 saturated heterocycles. The summed E-state index contributed by atoms with van der Waals surface area (Å²) in [6.07, 6.45) is 2.30. The molecule has 11 heteroatoms. The second-order valence-electron chi connectivity index (χ2n) is 8.03. The number of rotatable bonds is 9. The van der Waals surface area contributed by atoms with Crippen molar-refractivity contribution in [2.24, 2.45) is 0 Å². The Bertz CT molecular complexity index is 1000. The zero-order chi connectivity index (χ0) is 22.3. The maximum Gasteiger partial charge on any atom is 0.250 e. The lowest BCUT2D eigenvalue weighted by Crippen LogP contribution is -2.45. The summed E-state index contributed by atoms with van der Waals surface area (Å²) in [4.78, 5) is 2.14. The van der Waals surface area contributed by atoms with Crippen LogP contribution >= 0.6 is 37.2 Å². The average molecular weight is 545 g/mol. The summed E-state index contributed by atoms with van der Waals surface area (Å²) in [5.74, 6) is 1.61. The molecule has 1 aromatic heterocycles. The fraction of sp³-hybridized carbons (Fsp3) is 0.458. The van der Waals surface area contributed by atoms with Crippen LogP contribution in [0, 0.1) is 0 Å². The van der Waals surface area contributed by atoms with Crippen molar-refractivity contribution in [2.75, 3.05) is 31.6 Å². The molecule has 1 fully saturated rings. The normalized spacial score (nSPS) is 16.9. The van der Waals surface area contributed by atoms with Crippen LogP contribution in [-0.4, -0.2) is 53.0 Å². The Labute approximate surface area is 226 Å². The van der Waals surface area contributed by atoms with Gasteiger partial charge in [0.1, 0.15) is 5.75 Å². The van der Waals surface area contributed by atoms with Crippen LogP contribution in [0.15, 0.2) is 48.5 Å². The minimum Gasteiger partial charge on any atom is -0.496 e. The van der Waals surface area contributed by atoms with Gasteiger partial charge in [0.05, 0.1) is 12.8 Å². The smallest absolute Gasteiger partial charge is 0.250 e. The molecule has 0 aliphatic carbocycles. The van der Waals surface area contributed by atoms with Gasteiger partial charge < -0.3 is 20.3 Å². The molecule has 0 spiro atoms. The highest BCUT2D eigenvalue weighted by Crippen LogP contribution is 2.27. The number of methoxy groups -OCH3 is 1. The average Bonchev–Trinajstić information content (AvgIpc) is 3.34. The Morgan fingerprint density at radius 3 is 2.51 bits per heavy atom. The van der Waals surface area contributed by atoms with Gasteiger partial charge in [0.25, 0.3) is 0 Å². The van der Waals surface area contributed by atoms with E-state index in [-0.39, 0.29) is 37.2 Å². The standard InChI is InChI=1S/C24H33N7O.3ClH/c1-4-30(5-2)24-27-28-29-31(24)20-13-14-22(32-3)19(16-20)17-26-21-12-9-15-25-23(21)18-10-7-6-8-11-18;;;/h6-8,10-11,13-14,16,21,23,25-26H,4-5,9,12,15,17H2,1-3H3;3*1H/t21-,23-;;;/m0.../s1. The molecule has 4 rings (SSSR count). The van der Waals surface area contributed by atoms with Crippen molar-refractivity contribution in [1.29, 1.82) is 0 Å². The first-order valence-corrected chi connectivity index (χ1v) is 11.5. The van der Waals surface area contributed by atoms with Crippen molar-refractivity contribution in [3.05, 3.63) is 59.7 Å². The van der Waals surface area contributed by atoms with E-state index in [1.807, 2.05) is 12.1 Å². The number of halogens is 3. The van der Waals surface area contributed by atoms with Crippen LogP contribution in [0.25, 0.3) is 5.69 Å². The van der Waals surface area contributed by atoms with Gasteiger partial charge in [-0.3, -0.25) is 0 Å². The van der Waals surface area contributed by atoms with Crippen LogP contribution in [0.1, 0.15) is 43.9 Å². The highest BCUT2D eigenvalue weighted by molar-refractivity contribution is 5.86. The zero-order valence-corrected chi connectivity index (χ0v) is 22.8. The first kappa shape index (κ1) is 30.9. The van der Waals surface area contributed by atoms with Crippen molar-refractivity contribution in [1.82, 2.24) is 30.8 Å². The third kappa shape index (κ3) is 7.21. The molecule has 1 aliphatic rings. The molecule has 2 N–H and O–H groups in total. The molecule has 0 unspecified atom stereocenters. The largest absolute Gasteiger partial charge is 0.496 e. The van der Waals surface area contributed by atoms with Crippen molar-refractivity contribution >= 4 is 43.2 Å². The fourth-order valence-electron chi connectivity index (χ4n) is 4.45. The number of piperidine rings is 1. The van der Waals surface area contributed by atoms with Crippen molar-refractivity contribution in [3.8, 4) is 11.4 Å². The number of aromatic nitrogens is 4. The summed E-state index contributed by atoms with van der Waals surface area (Å²) >= 11 is 0. The Hall–Kier alpha value is -2.10. The molecule has 0 amide bonds. The highest BCUT2D eigenvalue weighted by Gasteiger charge is 2.26. The van der Waals surface area contributed by atoms with E-state index < -0.39 is 0 Å². The molecule has 3 aromatic rings. The number of hydrogen-bond acceptors (Lipinski definition) is 7. The first-order valence-electron chi connectivity index (χ1n) is 11.5. The van der Waals surface area contributed by atoms with Gasteiger partial charge in [0.2, 0.25) is 5.95 Å². The fourth-order valence-corrected chi connectivity index (χ4v) is 4.45. The van der Waals surface area contributed by atoms with E-state index in [9.17, 15) is 0 Å². The summed E-state index contributed by atoms with van der Waals surface area (Å²) in [5.41, 5.74) is 3.34. The molecule has 0 bridgehead atoms. The van der Waals surface area contributed by atoms with E-state index in [4.69, 9.17) is 4.74 Å². The van der Waals surface area contributed by atoms with E-state index in [0.29, 0.717) is 18.6 Å². The Balaban J connectivity index is 0.00000204. The van der Waals surface area contributed by atoms with Gasteiger partial charge in [-0.2, -0.15) is 4.68 Å². The highest BCUT2D eigenvalue weighted by atomic mass is 35.5. The Kier molecular flexibility index (Phi) is 13.4.